The van der Waals surface area contributed by atoms with Crippen LogP contribution in [0.3, 0.4) is 0 Å². The van der Waals surface area contributed by atoms with E-state index in [1.54, 1.807) is 12.1 Å². The molecule has 0 saturated carbocycles. The number of halogens is 3. The van der Waals surface area contributed by atoms with Gasteiger partial charge < -0.3 is 0 Å². The van der Waals surface area contributed by atoms with Gasteiger partial charge in [0.25, 0.3) is 0 Å². The van der Waals surface area contributed by atoms with Crippen molar-refractivity contribution in [3.8, 4) is 0 Å². The van der Waals surface area contributed by atoms with Gasteiger partial charge in [0.05, 0.1) is 5.56 Å². The number of fused-ring (bicyclic) bond motifs is 2. The Morgan fingerprint density at radius 2 is 1.67 bits per heavy atom. The fourth-order valence-electron chi connectivity index (χ4n) is 2.45. The summed E-state index contributed by atoms with van der Waals surface area (Å²) in [6, 6.07) is 11.8. The SMILES string of the molecule is C=CC=C1c2ccccc2Sc2cccc(C(F)(F)F)c21. The highest BCUT2D eigenvalue weighted by molar-refractivity contribution is 7.99. The lowest BCUT2D eigenvalue weighted by Crippen LogP contribution is -2.12. The van der Waals surface area contributed by atoms with Crippen molar-refractivity contribution in [2.24, 2.45) is 0 Å². The predicted molar refractivity (Wildman–Crippen MR) is 79.3 cm³/mol. The van der Waals surface area contributed by atoms with Crippen LogP contribution in [0.2, 0.25) is 0 Å². The highest BCUT2D eigenvalue weighted by Gasteiger charge is 2.37. The van der Waals surface area contributed by atoms with Gasteiger partial charge in [-0.2, -0.15) is 13.2 Å². The topological polar surface area (TPSA) is 0 Å². The summed E-state index contributed by atoms with van der Waals surface area (Å²) in [5, 5.41) is 0. The molecular formula is C17H11F3S. The summed E-state index contributed by atoms with van der Waals surface area (Å²) < 4.78 is 39.9. The molecule has 3 rings (SSSR count). The minimum absolute atomic E-state index is 0.244. The van der Waals surface area contributed by atoms with Crippen LogP contribution in [-0.4, -0.2) is 0 Å². The van der Waals surface area contributed by atoms with E-state index >= 15 is 0 Å². The number of hydrogen-bond acceptors (Lipinski definition) is 1. The first-order valence-electron chi connectivity index (χ1n) is 6.33. The van der Waals surface area contributed by atoms with Crippen LogP contribution in [0, 0.1) is 0 Å². The summed E-state index contributed by atoms with van der Waals surface area (Å²) >= 11 is 1.37. The van der Waals surface area contributed by atoms with E-state index in [4.69, 9.17) is 0 Å². The second-order valence-electron chi connectivity index (χ2n) is 4.59. The molecule has 0 radical (unpaired) electrons. The van der Waals surface area contributed by atoms with Crippen LogP contribution < -0.4 is 0 Å². The predicted octanol–water partition coefficient (Wildman–Crippen LogP) is 5.79. The number of allylic oxidation sites excluding steroid dienone is 2. The van der Waals surface area contributed by atoms with Crippen molar-refractivity contribution in [3.05, 3.63) is 77.9 Å². The first-order valence-corrected chi connectivity index (χ1v) is 7.14. The van der Waals surface area contributed by atoms with Gasteiger partial charge in [-0.3, -0.25) is 0 Å². The van der Waals surface area contributed by atoms with E-state index in [1.807, 2.05) is 24.3 Å². The van der Waals surface area contributed by atoms with Crippen molar-refractivity contribution >= 4 is 17.3 Å². The van der Waals surface area contributed by atoms with Crippen LogP contribution in [0.15, 0.2) is 71.0 Å². The minimum atomic E-state index is -4.38. The maximum absolute atomic E-state index is 13.3. The van der Waals surface area contributed by atoms with Crippen molar-refractivity contribution in [2.45, 2.75) is 16.0 Å². The Hall–Kier alpha value is -1.94. The molecule has 4 heteroatoms. The maximum Gasteiger partial charge on any atom is 0.417 e. The lowest BCUT2D eigenvalue weighted by atomic mass is 9.92. The van der Waals surface area contributed by atoms with E-state index in [0.717, 1.165) is 16.5 Å². The molecule has 1 aliphatic heterocycles. The molecule has 0 aliphatic carbocycles. The number of alkyl halides is 3. The Labute approximate surface area is 125 Å². The maximum atomic E-state index is 13.3. The Bertz CT molecular complexity index is 742. The molecule has 0 nitrogen and oxygen atoms in total. The number of benzene rings is 2. The lowest BCUT2D eigenvalue weighted by molar-refractivity contribution is -0.137. The third kappa shape index (κ3) is 2.40. The van der Waals surface area contributed by atoms with E-state index in [-0.39, 0.29) is 5.56 Å². The molecule has 0 saturated heterocycles. The molecule has 0 unspecified atom stereocenters. The van der Waals surface area contributed by atoms with Crippen molar-refractivity contribution < 1.29 is 13.2 Å². The van der Waals surface area contributed by atoms with Crippen molar-refractivity contribution in [3.63, 3.8) is 0 Å². The first-order chi connectivity index (χ1) is 10.0. The van der Waals surface area contributed by atoms with Crippen LogP contribution in [0.1, 0.15) is 16.7 Å². The molecule has 0 atom stereocenters. The molecule has 0 amide bonds. The smallest absolute Gasteiger partial charge is 0.166 e. The summed E-state index contributed by atoms with van der Waals surface area (Å²) in [6.45, 7) is 3.63. The Kier molecular flexibility index (Phi) is 3.41. The van der Waals surface area contributed by atoms with Gasteiger partial charge in [-0.15, -0.1) is 0 Å². The van der Waals surface area contributed by atoms with Gasteiger partial charge in [0, 0.05) is 15.4 Å². The molecule has 1 heterocycles. The standard InChI is InChI=1S/C17H11F3S/c1-2-6-12-11-7-3-4-9-14(11)21-15-10-5-8-13(16(12)15)17(18,19)20/h2-10H,1H2. The van der Waals surface area contributed by atoms with Gasteiger partial charge in [-0.25, -0.2) is 0 Å². The highest BCUT2D eigenvalue weighted by Crippen LogP contribution is 2.49. The molecule has 106 valence electrons. The fourth-order valence-corrected chi connectivity index (χ4v) is 3.59. The first kappa shape index (κ1) is 14.0. The monoisotopic (exact) mass is 304 g/mol. The van der Waals surface area contributed by atoms with Gasteiger partial charge in [0.2, 0.25) is 0 Å². The Morgan fingerprint density at radius 3 is 2.38 bits per heavy atom. The van der Waals surface area contributed by atoms with Gasteiger partial charge >= 0.3 is 6.18 Å². The average molecular weight is 304 g/mol. The molecule has 0 N–H and O–H groups in total. The molecular weight excluding hydrogens is 293 g/mol. The van der Waals surface area contributed by atoms with E-state index in [2.05, 4.69) is 6.58 Å². The zero-order valence-electron chi connectivity index (χ0n) is 10.9. The third-order valence-corrected chi connectivity index (χ3v) is 4.42. The zero-order chi connectivity index (χ0) is 15.0. The van der Waals surface area contributed by atoms with Gasteiger partial charge in [-0.1, -0.05) is 54.8 Å². The third-order valence-electron chi connectivity index (χ3n) is 3.28. The summed E-state index contributed by atoms with van der Waals surface area (Å²) in [5.74, 6) is 0. The Balaban J connectivity index is 2.33. The van der Waals surface area contributed by atoms with Crippen molar-refractivity contribution in [1.29, 1.82) is 0 Å². The number of hydrogen-bond donors (Lipinski definition) is 0. The number of rotatable bonds is 1. The van der Waals surface area contributed by atoms with Crippen LogP contribution >= 0.6 is 11.8 Å². The van der Waals surface area contributed by atoms with Gasteiger partial charge in [-0.05, 0) is 29.3 Å². The second kappa shape index (κ2) is 5.11. The lowest BCUT2D eigenvalue weighted by Gasteiger charge is -2.25. The van der Waals surface area contributed by atoms with Gasteiger partial charge in [0.1, 0.15) is 0 Å². The zero-order valence-corrected chi connectivity index (χ0v) is 11.8. The summed E-state index contributed by atoms with van der Waals surface area (Å²) in [7, 11) is 0. The summed E-state index contributed by atoms with van der Waals surface area (Å²) in [4.78, 5) is 1.58. The van der Waals surface area contributed by atoms with E-state index in [9.17, 15) is 13.2 Å². The molecule has 0 fully saturated rings. The van der Waals surface area contributed by atoms with Crippen LogP contribution in [-0.2, 0) is 6.18 Å². The van der Waals surface area contributed by atoms with Gasteiger partial charge in [0.15, 0.2) is 0 Å². The van der Waals surface area contributed by atoms with Crippen molar-refractivity contribution in [1.82, 2.24) is 0 Å². The molecule has 2 aromatic rings. The van der Waals surface area contributed by atoms with Crippen LogP contribution in [0.25, 0.3) is 5.57 Å². The van der Waals surface area contributed by atoms with E-state index in [1.165, 1.54) is 23.9 Å². The molecule has 0 aromatic heterocycles. The minimum Gasteiger partial charge on any atom is -0.166 e. The van der Waals surface area contributed by atoms with Crippen molar-refractivity contribution in [2.75, 3.05) is 0 Å². The Morgan fingerprint density at radius 1 is 0.952 bits per heavy atom. The largest absolute Gasteiger partial charge is 0.417 e. The summed E-state index contributed by atoms with van der Waals surface area (Å²) in [5.41, 5.74) is 1.03. The molecule has 2 aromatic carbocycles. The fraction of sp³-hybridized carbons (Fsp3) is 0.0588. The normalized spacial score (nSPS) is 15.5. The molecule has 0 spiro atoms. The van der Waals surface area contributed by atoms with E-state index in [0.29, 0.717) is 10.5 Å². The molecule has 0 bridgehead atoms. The van der Waals surface area contributed by atoms with Crippen LogP contribution in [0.5, 0.6) is 0 Å². The molecule has 1 aliphatic rings. The summed E-state index contributed by atoms with van der Waals surface area (Å²) in [6.07, 6.45) is -1.20. The quantitative estimate of drug-likeness (QED) is 0.548. The average Bonchev–Trinajstić information content (AvgIpc) is 2.45. The van der Waals surface area contributed by atoms with Crippen LogP contribution in [0.4, 0.5) is 13.2 Å². The molecule has 21 heavy (non-hydrogen) atoms. The van der Waals surface area contributed by atoms with E-state index < -0.39 is 11.7 Å². The second-order valence-corrected chi connectivity index (χ2v) is 5.67. The highest BCUT2D eigenvalue weighted by atomic mass is 32.2.